The van der Waals surface area contributed by atoms with Gasteiger partial charge in [-0.15, -0.1) is 0 Å². The highest BCUT2D eigenvalue weighted by molar-refractivity contribution is 6.30. The van der Waals surface area contributed by atoms with Crippen molar-refractivity contribution < 1.29 is 14.3 Å². The first-order valence-corrected chi connectivity index (χ1v) is 14.6. The summed E-state index contributed by atoms with van der Waals surface area (Å²) in [4.78, 5) is 16.7. The Morgan fingerprint density at radius 1 is 1.21 bits per heavy atom. The largest absolute Gasteiger partial charge is 0.348 e. The Kier molecular flexibility index (Phi) is 8.99. The smallest absolute Gasteiger partial charge is 0.229 e. The third-order valence-electron chi connectivity index (χ3n) is 8.26. The van der Waals surface area contributed by atoms with E-state index in [1.807, 2.05) is 38.1 Å². The summed E-state index contributed by atoms with van der Waals surface area (Å²) in [5.41, 5.74) is 1.57. The fourth-order valence-corrected chi connectivity index (χ4v) is 7.08. The van der Waals surface area contributed by atoms with Crippen LogP contribution in [-0.2, 0) is 14.3 Å². The van der Waals surface area contributed by atoms with E-state index in [4.69, 9.17) is 32.7 Å². The van der Waals surface area contributed by atoms with Gasteiger partial charge < -0.3 is 14.4 Å². The number of hydrogen-bond acceptors (Lipinski definition) is 4. The molecule has 6 atom stereocenters. The van der Waals surface area contributed by atoms with Gasteiger partial charge in [0.05, 0.1) is 24.8 Å². The molecule has 3 aliphatic rings. The number of allylic oxidation sites excluding steroid dienone is 3. The molecular weight excluding hydrogens is 519 g/mol. The number of benzene rings is 1. The van der Waals surface area contributed by atoms with Crippen LogP contribution in [0.25, 0.3) is 0 Å². The third kappa shape index (κ3) is 6.31. The molecule has 0 spiro atoms. The van der Waals surface area contributed by atoms with Gasteiger partial charge in [0.1, 0.15) is 0 Å². The van der Waals surface area contributed by atoms with Gasteiger partial charge in [0.25, 0.3) is 0 Å². The zero-order valence-electron chi connectivity index (χ0n) is 23.2. The molecule has 7 heteroatoms. The van der Waals surface area contributed by atoms with Gasteiger partial charge in [-0.25, -0.2) is 0 Å². The molecule has 2 aliphatic heterocycles. The molecule has 1 aromatic rings. The molecule has 2 saturated heterocycles. The maximum atomic E-state index is 14.6. The average molecular weight is 560 g/mol. The maximum Gasteiger partial charge on any atom is 0.229 e. The van der Waals surface area contributed by atoms with Crippen molar-refractivity contribution in [2.75, 3.05) is 6.61 Å². The van der Waals surface area contributed by atoms with Crippen molar-refractivity contribution in [2.24, 2.45) is 17.3 Å². The minimum Gasteiger partial charge on any atom is -0.348 e. The SMILES string of the molecule is CCC(CCC#N)N1C(=O)[C@@](C)(CC2COC(C)(C)O2)C[C@H](C2=CC(C)CC(Cl)=C2)C1c1ccc(Cl)cc1. The molecule has 1 amide bonds. The molecule has 2 fully saturated rings. The number of nitriles is 1. The lowest BCUT2D eigenvalue weighted by Crippen LogP contribution is -2.57. The second kappa shape index (κ2) is 11.7. The number of carbonyl (C=O) groups is 1. The number of piperidine rings is 1. The molecule has 1 aliphatic carbocycles. The summed E-state index contributed by atoms with van der Waals surface area (Å²) in [6.45, 7) is 10.7. The van der Waals surface area contributed by atoms with E-state index < -0.39 is 11.2 Å². The zero-order valence-corrected chi connectivity index (χ0v) is 24.7. The Morgan fingerprint density at radius 3 is 2.50 bits per heavy atom. The first kappa shape index (κ1) is 29.2. The van der Waals surface area contributed by atoms with Crippen LogP contribution >= 0.6 is 23.2 Å². The van der Waals surface area contributed by atoms with Crippen LogP contribution in [-0.4, -0.2) is 35.3 Å². The summed E-state index contributed by atoms with van der Waals surface area (Å²) in [6, 6.07) is 9.90. The van der Waals surface area contributed by atoms with Gasteiger partial charge in [0.2, 0.25) is 5.91 Å². The van der Waals surface area contributed by atoms with E-state index in [0.29, 0.717) is 43.2 Å². The van der Waals surface area contributed by atoms with Gasteiger partial charge in [-0.3, -0.25) is 4.79 Å². The third-order valence-corrected chi connectivity index (χ3v) is 8.77. The number of likely N-dealkylation sites (tertiary alicyclic amines) is 1. The van der Waals surface area contributed by atoms with E-state index in [2.05, 4.69) is 43.9 Å². The quantitative estimate of drug-likeness (QED) is 0.324. The Morgan fingerprint density at radius 2 is 1.92 bits per heavy atom. The van der Waals surface area contributed by atoms with E-state index in [1.165, 1.54) is 5.57 Å². The highest BCUT2D eigenvalue weighted by Crippen LogP contribution is 2.53. The minimum atomic E-state index is -0.663. The van der Waals surface area contributed by atoms with Crippen LogP contribution in [0, 0.1) is 28.6 Å². The van der Waals surface area contributed by atoms with Crippen molar-refractivity contribution in [1.29, 1.82) is 5.26 Å². The standard InChI is InChI=1S/C31H40Cl2N2O3/c1-6-25(8-7-13-34)35-28(21-9-11-23(32)12-10-21)27(22-14-20(2)15-24(33)16-22)18-31(5,29(35)36)17-26-19-37-30(3,4)38-26/h9-12,14,16,20,25-28H,6-8,15,17-19H2,1-5H3/t20?,25?,26?,27-,28?,31+/m1/s1. The summed E-state index contributed by atoms with van der Waals surface area (Å²) in [7, 11) is 0. The minimum absolute atomic E-state index is 0.0295. The number of rotatable bonds is 8. The number of hydrogen-bond donors (Lipinski definition) is 0. The molecule has 4 unspecified atom stereocenters. The monoisotopic (exact) mass is 558 g/mol. The molecule has 206 valence electrons. The van der Waals surface area contributed by atoms with Crippen molar-refractivity contribution in [1.82, 2.24) is 4.90 Å². The van der Waals surface area contributed by atoms with Gasteiger partial charge in [-0.1, -0.05) is 62.2 Å². The van der Waals surface area contributed by atoms with Crippen LogP contribution < -0.4 is 0 Å². The topological polar surface area (TPSA) is 62.6 Å². The van der Waals surface area contributed by atoms with Crippen molar-refractivity contribution in [3.8, 4) is 6.07 Å². The Bertz CT molecular complexity index is 1120. The van der Waals surface area contributed by atoms with Gasteiger partial charge in [0.15, 0.2) is 5.79 Å². The lowest BCUT2D eigenvalue weighted by Gasteiger charge is -2.53. The summed E-state index contributed by atoms with van der Waals surface area (Å²) in [5.74, 6) is -0.188. The van der Waals surface area contributed by atoms with E-state index in [1.54, 1.807) is 0 Å². The number of halogens is 2. The number of amides is 1. The van der Waals surface area contributed by atoms with Crippen molar-refractivity contribution in [3.63, 3.8) is 0 Å². The van der Waals surface area contributed by atoms with Crippen LogP contribution in [0.5, 0.6) is 0 Å². The van der Waals surface area contributed by atoms with E-state index in [0.717, 1.165) is 23.4 Å². The summed E-state index contributed by atoms with van der Waals surface area (Å²) < 4.78 is 12.1. The van der Waals surface area contributed by atoms with E-state index >= 15 is 0 Å². The molecule has 0 radical (unpaired) electrons. The predicted molar refractivity (Wildman–Crippen MR) is 151 cm³/mol. The number of nitrogens with zero attached hydrogens (tertiary/aromatic N) is 2. The van der Waals surface area contributed by atoms with E-state index in [-0.39, 0.29) is 30.0 Å². The van der Waals surface area contributed by atoms with Gasteiger partial charge in [0, 0.05) is 33.9 Å². The molecule has 0 N–H and O–H groups in total. The van der Waals surface area contributed by atoms with Crippen molar-refractivity contribution in [2.45, 2.75) is 97.1 Å². The lowest BCUT2D eigenvalue weighted by molar-refractivity contribution is -0.164. The fourth-order valence-electron chi connectivity index (χ4n) is 6.58. The molecule has 4 rings (SSSR count). The molecule has 1 aromatic carbocycles. The fraction of sp³-hybridized carbons (Fsp3) is 0.613. The molecule has 38 heavy (non-hydrogen) atoms. The second-order valence-corrected chi connectivity index (χ2v) is 12.9. The Labute approximate surface area is 237 Å². The highest BCUT2D eigenvalue weighted by Gasteiger charge is 2.53. The van der Waals surface area contributed by atoms with Crippen LogP contribution in [0.1, 0.15) is 84.7 Å². The van der Waals surface area contributed by atoms with Crippen LogP contribution in [0.4, 0.5) is 0 Å². The number of ether oxygens (including phenoxy) is 2. The number of carbonyl (C=O) groups excluding carboxylic acids is 1. The van der Waals surface area contributed by atoms with Gasteiger partial charge >= 0.3 is 0 Å². The maximum absolute atomic E-state index is 14.6. The molecule has 0 aromatic heterocycles. The Hall–Kier alpha value is -1.84. The zero-order chi connectivity index (χ0) is 27.7. The molecule has 5 nitrogen and oxygen atoms in total. The molecule has 0 bridgehead atoms. The van der Waals surface area contributed by atoms with Crippen LogP contribution in [0.3, 0.4) is 0 Å². The molecule has 2 heterocycles. The normalized spacial score (nSPS) is 31.9. The van der Waals surface area contributed by atoms with Gasteiger partial charge in [-0.2, -0.15) is 5.26 Å². The molecular formula is C31H40Cl2N2O3. The summed E-state index contributed by atoms with van der Waals surface area (Å²) in [5, 5.41) is 10.9. The van der Waals surface area contributed by atoms with Gasteiger partial charge in [-0.05, 0) is 81.2 Å². The van der Waals surface area contributed by atoms with Crippen molar-refractivity contribution in [3.05, 3.63) is 57.6 Å². The Balaban J connectivity index is 1.83. The predicted octanol–water partition coefficient (Wildman–Crippen LogP) is 7.95. The summed E-state index contributed by atoms with van der Waals surface area (Å²) in [6.07, 6.45) is 8.14. The average Bonchev–Trinajstić information content (AvgIpc) is 3.19. The first-order valence-electron chi connectivity index (χ1n) is 13.8. The van der Waals surface area contributed by atoms with Crippen LogP contribution in [0.15, 0.2) is 47.0 Å². The molecule has 0 saturated carbocycles. The van der Waals surface area contributed by atoms with Crippen LogP contribution in [0.2, 0.25) is 5.02 Å². The van der Waals surface area contributed by atoms with E-state index in [9.17, 15) is 10.1 Å². The van der Waals surface area contributed by atoms with Crippen molar-refractivity contribution >= 4 is 29.1 Å². The summed E-state index contributed by atoms with van der Waals surface area (Å²) >= 11 is 12.9. The first-order chi connectivity index (χ1) is 18.0. The second-order valence-electron chi connectivity index (χ2n) is 11.9. The lowest BCUT2D eigenvalue weighted by atomic mass is 9.65. The highest BCUT2D eigenvalue weighted by atomic mass is 35.5.